The number of nitrogens with one attached hydrogen (secondary N) is 1. The minimum Gasteiger partial charge on any atom is -0.369 e. The first-order chi connectivity index (χ1) is 13.1. The predicted octanol–water partition coefficient (Wildman–Crippen LogP) is 1.08. The van der Waals surface area contributed by atoms with E-state index in [1.165, 1.54) is 0 Å². The van der Waals surface area contributed by atoms with Crippen LogP contribution >= 0.6 is 0 Å². The van der Waals surface area contributed by atoms with Gasteiger partial charge in [0.25, 0.3) is 5.91 Å². The Kier molecular flexibility index (Phi) is 3.86. The van der Waals surface area contributed by atoms with E-state index in [0.29, 0.717) is 18.8 Å². The van der Waals surface area contributed by atoms with Crippen LogP contribution in [-0.2, 0) is 9.53 Å². The number of ether oxygens (including phenoxy) is 1. The summed E-state index contributed by atoms with van der Waals surface area (Å²) >= 11 is 0. The standard InChI is InChI=1S/C19H24N4O4/c1-11-16(22-27-21-11)17(24)20-8-13-14-9-23(18(25)12-4-2-3-5-12)10-19(14)7-6-15(13)26-19/h2-3,12-15H,4-10H2,1H3,(H,20,24)/t13-,14+,15+,19+/m0/s1. The van der Waals surface area contributed by atoms with Crippen LogP contribution in [-0.4, -0.2) is 58.4 Å². The molecular weight excluding hydrogens is 348 g/mol. The van der Waals surface area contributed by atoms with E-state index in [1.54, 1.807) is 6.92 Å². The van der Waals surface area contributed by atoms with E-state index in [4.69, 9.17) is 4.74 Å². The summed E-state index contributed by atoms with van der Waals surface area (Å²) in [7, 11) is 0. The second-order valence-corrected chi connectivity index (χ2v) is 8.30. The van der Waals surface area contributed by atoms with Crippen molar-refractivity contribution in [1.82, 2.24) is 20.5 Å². The second kappa shape index (κ2) is 6.15. The highest BCUT2D eigenvalue weighted by Crippen LogP contribution is 2.54. The van der Waals surface area contributed by atoms with Crippen LogP contribution in [0.15, 0.2) is 16.8 Å². The van der Waals surface area contributed by atoms with E-state index in [1.807, 2.05) is 4.90 Å². The van der Waals surface area contributed by atoms with Crippen LogP contribution in [0.4, 0.5) is 0 Å². The first-order valence-electron chi connectivity index (χ1n) is 9.76. The SMILES string of the molecule is Cc1nonc1C(=O)NC[C@H]1[C@H]2CN(C(=O)C3CC=CC3)C[C@]23CC[C@H]1O3. The molecule has 27 heavy (non-hydrogen) atoms. The molecule has 0 unspecified atom stereocenters. The molecule has 1 spiro atoms. The average molecular weight is 372 g/mol. The molecule has 3 saturated heterocycles. The van der Waals surface area contributed by atoms with Gasteiger partial charge in [0.1, 0.15) is 5.69 Å². The summed E-state index contributed by atoms with van der Waals surface area (Å²) in [6.07, 6.45) is 8.05. The number of carbonyl (C=O) groups is 2. The summed E-state index contributed by atoms with van der Waals surface area (Å²) in [4.78, 5) is 27.2. The van der Waals surface area contributed by atoms with E-state index in [0.717, 1.165) is 32.2 Å². The van der Waals surface area contributed by atoms with Gasteiger partial charge in [0.05, 0.1) is 18.2 Å². The van der Waals surface area contributed by atoms with Crippen LogP contribution in [0.3, 0.4) is 0 Å². The highest BCUT2D eigenvalue weighted by molar-refractivity contribution is 5.92. The smallest absolute Gasteiger partial charge is 0.275 e. The molecule has 4 heterocycles. The molecule has 1 aromatic heterocycles. The first kappa shape index (κ1) is 16.9. The van der Waals surface area contributed by atoms with Gasteiger partial charge in [-0.2, -0.15) is 0 Å². The molecule has 1 N–H and O–H groups in total. The van der Waals surface area contributed by atoms with Crippen LogP contribution in [0.5, 0.6) is 0 Å². The fraction of sp³-hybridized carbons (Fsp3) is 0.684. The highest BCUT2D eigenvalue weighted by atomic mass is 16.6. The number of aromatic nitrogens is 2. The van der Waals surface area contributed by atoms with Crippen molar-refractivity contribution >= 4 is 11.8 Å². The summed E-state index contributed by atoms with van der Waals surface area (Å²) < 4.78 is 11.0. The van der Waals surface area contributed by atoms with E-state index < -0.39 is 0 Å². The van der Waals surface area contributed by atoms with Gasteiger partial charge in [-0.15, -0.1) is 0 Å². The summed E-state index contributed by atoms with van der Waals surface area (Å²) in [5, 5.41) is 10.3. The number of likely N-dealkylation sites (tertiary alicyclic amines) is 1. The molecule has 144 valence electrons. The van der Waals surface area contributed by atoms with Gasteiger partial charge in [-0.05, 0) is 37.8 Å². The Morgan fingerprint density at radius 3 is 2.89 bits per heavy atom. The van der Waals surface area contributed by atoms with Crippen LogP contribution < -0.4 is 5.32 Å². The maximum atomic E-state index is 12.9. The molecule has 0 aromatic carbocycles. The Balaban J connectivity index is 1.26. The first-order valence-corrected chi connectivity index (χ1v) is 9.76. The minimum absolute atomic E-state index is 0.0956. The number of hydrogen-bond donors (Lipinski definition) is 1. The number of hydrogen-bond acceptors (Lipinski definition) is 6. The summed E-state index contributed by atoms with van der Waals surface area (Å²) in [6.45, 7) is 3.64. The summed E-state index contributed by atoms with van der Waals surface area (Å²) in [6, 6.07) is 0. The maximum absolute atomic E-state index is 12.9. The number of aryl methyl sites for hydroxylation is 1. The number of nitrogens with zero attached hydrogens (tertiary/aromatic N) is 3. The van der Waals surface area contributed by atoms with Crippen molar-refractivity contribution in [3.05, 3.63) is 23.5 Å². The van der Waals surface area contributed by atoms with Crippen molar-refractivity contribution in [2.75, 3.05) is 19.6 Å². The molecule has 2 amide bonds. The van der Waals surface area contributed by atoms with Crippen molar-refractivity contribution in [2.24, 2.45) is 17.8 Å². The van der Waals surface area contributed by atoms with Crippen molar-refractivity contribution in [1.29, 1.82) is 0 Å². The molecule has 0 saturated carbocycles. The Bertz CT molecular complexity index is 797. The lowest BCUT2D eigenvalue weighted by molar-refractivity contribution is -0.135. The number of allylic oxidation sites excluding steroid dienone is 2. The van der Waals surface area contributed by atoms with Crippen LogP contribution in [0, 0.1) is 24.7 Å². The number of rotatable bonds is 4. The Labute approximate surface area is 157 Å². The van der Waals surface area contributed by atoms with E-state index in [9.17, 15) is 9.59 Å². The third kappa shape index (κ3) is 2.61. The van der Waals surface area contributed by atoms with E-state index in [2.05, 4.69) is 32.4 Å². The maximum Gasteiger partial charge on any atom is 0.275 e. The molecule has 1 aliphatic carbocycles. The Hall–Kier alpha value is -2.22. The van der Waals surface area contributed by atoms with E-state index >= 15 is 0 Å². The molecule has 8 nitrogen and oxygen atoms in total. The molecule has 5 rings (SSSR count). The molecule has 8 heteroatoms. The van der Waals surface area contributed by atoms with Gasteiger partial charge in [0, 0.05) is 30.8 Å². The number of amides is 2. The van der Waals surface area contributed by atoms with Gasteiger partial charge in [-0.3, -0.25) is 9.59 Å². The lowest BCUT2D eigenvalue weighted by Gasteiger charge is -2.29. The highest BCUT2D eigenvalue weighted by Gasteiger charge is 2.63. The Morgan fingerprint density at radius 2 is 2.15 bits per heavy atom. The van der Waals surface area contributed by atoms with Crippen molar-refractivity contribution in [2.45, 2.75) is 44.3 Å². The monoisotopic (exact) mass is 372 g/mol. The summed E-state index contributed by atoms with van der Waals surface area (Å²) in [5.41, 5.74) is 0.495. The molecule has 1 aromatic rings. The third-order valence-electron chi connectivity index (χ3n) is 6.82. The average Bonchev–Trinajstić information content (AvgIpc) is 3.44. The minimum atomic E-state index is -0.270. The molecule has 0 radical (unpaired) electrons. The van der Waals surface area contributed by atoms with Gasteiger partial charge in [0.2, 0.25) is 5.91 Å². The second-order valence-electron chi connectivity index (χ2n) is 8.30. The fourth-order valence-corrected chi connectivity index (χ4v) is 5.44. The fourth-order valence-electron chi connectivity index (χ4n) is 5.44. The van der Waals surface area contributed by atoms with Gasteiger partial charge < -0.3 is 15.0 Å². The molecule has 3 aliphatic heterocycles. The summed E-state index contributed by atoms with van der Waals surface area (Å²) in [5.74, 6) is 0.587. The quantitative estimate of drug-likeness (QED) is 0.795. The van der Waals surface area contributed by atoms with Gasteiger partial charge >= 0.3 is 0 Å². The number of fused-ring (bicyclic) bond motifs is 1. The van der Waals surface area contributed by atoms with Crippen LogP contribution in [0.1, 0.15) is 41.9 Å². The van der Waals surface area contributed by atoms with Crippen LogP contribution in [0.2, 0.25) is 0 Å². The van der Waals surface area contributed by atoms with Crippen molar-refractivity contribution in [3.63, 3.8) is 0 Å². The Morgan fingerprint density at radius 1 is 1.33 bits per heavy atom. The third-order valence-corrected chi connectivity index (χ3v) is 6.82. The zero-order valence-corrected chi connectivity index (χ0v) is 15.4. The molecule has 4 atom stereocenters. The van der Waals surface area contributed by atoms with Gasteiger partial charge in [-0.1, -0.05) is 17.3 Å². The molecule has 3 fully saturated rings. The van der Waals surface area contributed by atoms with Crippen LogP contribution in [0.25, 0.3) is 0 Å². The lowest BCUT2D eigenvalue weighted by Crippen LogP contribution is -2.42. The zero-order chi connectivity index (χ0) is 18.6. The molecule has 2 bridgehead atoms. The largest absolute Gasteiger partial charge is 0.369 e. The zero-order valence-electron chi connectivity index (χ0n) is 15.4. The molecule has 4 aliphatic rings. The lowest BCUT2D eigenvalue weighted by atomic mass is 9.73. The number of carbonyl (C=O) groups excluding carboxylic acids is 2. The predicted molar refractivity (Wildman–Crippen MR) is 93.6 cm³/mol. The van der Waals surface area contributed by atoms with Crippen molar-refractivity contribution < 1.29 is 19.0 Å². The van der Waals surface area contributed by atoms with Gasteiger partial charge in [0.15, 0.2) is 5.69 Å². The van der Waals surface area contributed by atoms with Gasteiger partial charge in [-0.25, -0.2) is 4.63 Å². The molecular formula is C19H24N4O4. The normalized spacial score (nSPS) is 34.4. The van der Waals surface area contributed by atoms with Crippen molar-refractivity contribution in [3.8, 4) is 0 Å². The van der Waals surface area contributed by atoms with E-state index in [-0.39, 0.29) is 47.0 Å². The topological polar surface area (TPSA) is 97.6 Å².